The summed E-state index contributed by atoms with van der Waals surface area (Å²) >= 11 is 0. The smallest absolute Gasteiger partial charge is 0.140 e. The van der Waals surface area contributed by atoms with E-state index in [-0.39, 0.29) is 0 Å². The first-order chi connectivity index (χ1) is 6.71. The van der Waals surface area contributed by atoms with Crippen molar-refractivity contribution in [1.82, 2.24) is 5.32 Å². The number of oxime groups is 1. The second-order valence-electron chi connectivity index (χ2n) is 4.08. The molecule has 1 rings (SSSR count). The number of nitrogens with zero attached hydrogens (tertiary/aromatic N) is 1. The van der Waals surface area contributed by atoms with Crippen molar-refractivity contribution in [2.24, 2.45) is 16.8 Å². The lowest BCUT2D eigenvalue weighted by atomic mass is 10.1. The van der Waals surface area contributed by atoms with Gasteiger partial charge in [0, 0.05) is 18.5 Å². The molecule has 1 saturated carbocycles. The maximum Gasteiger partial charge on any atom is 0.140 e. The summed E-state index contributed by atoms with van der Waals surface area (Å²) in [5.74, 6) is 1.16. The highest BCUT2D eigenvalue weighted by Gasteiger charge is 2.36. The molecule has 4 nitrogen and oxygen atoms in total. The summed E-state index contributed by atoms with van der Waals surface area (Å²) in [6.07, 6.45) is 4.18. The molecule has 0 aromatic carbocycles. The van der Waals surface area contributed by atoms with Crippen molar-refractivity contribution in [2.75, 3.05) is 0 Å². The number of nitrogens with two attached hydrogens (primary N) is 1. The van der Waals surface area contributed by atoms with Gasteiger partial charge in [0.2, 0.25) is 0 Å². The van der Waals surface area contributed by atoms with E-state index in [4.69, 9.17) is 10.9 Å². The number of nitrogens with one attached hydrogen (secondary N) is 1. The lowest BCUT2D eigenvalue weighted by Crippen LogP contribution is -2.35. The van der Waals surface area contributed by atoms with Gasteiger partial charge in [0.05, 0.1) is 0 Å². The van der Waals surface area contributed by atoms with Crippen LogP contribution in [0.3, 0.4) is 0 Å². The zero-order valence-electron chi connectivity index (χ0n) is 9.03. The SMILES string of the molecule is CCC(CC(N)=NO)NC1CC1CC. The van der Waals surface area contributed by atoms with E-state index in [1.807, 2.05) is 0 Å². The van der Waals surface area contributed by atoms with Crippen LogP contribution in [0.15, 0.2) is 5.16 Å². The summed E-state index contributed by atoms with van der Waals surface area (Å²) in [5.41, 5.74) is 5.47. The maximum absolute atomic E-state index is 8.46. The van der Waals surface area contributed by atoms with Crippen molar-refractivity contribution in [3.05, 3.63) is 0 Å². The lowest BCUT2D eigenvalue weighted by molar-refractivity contribution is 0.315. The van der Waals surface area contributed by atoms with Crippen molar-refractivity contribution >= 4 is 5.84 Å². The third kappa shape index (κ3) is 3.18. The highest BCUT2D eigenvalue weighted by atomic mass is 16.4. The average molecular weight is 199 g/mol. The van der Waals surface area contributed by atoms with Crippen LogP contribution >= 0.6 is 0 Å². The predicted molar refractivity (Wildman–Crippen MR) is 57.4 cm³/mol. The molecule has 14 heavy (non-hydrogen) atoms. The quantitative estimate of drug-likeness (QED) is 0.261. The van der Waals surface area contributed by atoms with Gasteiger partial charge in [-0.2, -0.15) is 0 Å². The van der Waals surface area contributed by atoms with Crippen molar-refractivity contribution in [3.8, 4) is 0 Å². The molecule has 82 valence electrons. The van der Waals surface area contributed by atoms with E-state index in [9.17, 15) is 0 Å². The van der Waals surface area contributed by atoms with E-state index in [1.54, 1.807) is 0 Å². The number of hydrogen-bond acceptors (Lipinski definition) is 3. The van der Waals surface area contributed by atoms with Crippen molar-refractivity contribution in [3.63, 3.8) is 0 Å². The number of amidine groups is 1. The minimum absolute atomic E-state index is 0.318. The number of rotatable bonds is 6. The van der Waals surface area contributed by atoms with E-state index in [0.29, 0.717) is 24.3 Å². The molecule has 1 fully saturated rings. The van der Waals surface area contributed by atoms with Crippen LogP contribution in [0.1, 0.15) is 39.5 Å². The number of hydrogen-bond donors (Lipinski definition) is 3. The fraction of sp³-hybridized carbons (Fsp3) is 0.900. The van der Waals surface area contributed by atoms with Crippen LogP contribution in [0.4, 0.5) is 0 Å². The van der Waals surface area contributed by atoms with E-state index >= 15 is 0 Å². The van der Waals surface area contributed by atoms with E-state index in [2.05, 4.69) is 24.3 Å². The summed E-state index contributed by atoms with van der Waals surface area (Å²) in [5, 5.41) is 15.0. The minimum atomic E-state index is 0.318. The molecule has 0 heterocycles. The van der Waals surface area contributed by atoms with Crippen molar-refractivity contribution < 1.29 is 5.21 Å². The van der Waals surface area contributed by atoms with Gasteiger partial charge in [-0.1, -0.05) is 25.4 Å². The monoisotopic (exact) mass is 199 g/mol. The summed E-state index contributed by atoms with van der Waals surface area (Å²) < 4.78 is 0. The Balaban J connectivity index is 2.26. The molecule has 1 aliphatic carbocycles. The third-order valence-corrected chi connectivity index (χ3v) is 2.97. The molecule has 0 aromatic heterocycles. The van der Waals surface area contributed by atoms with Crippen LogP contribution in [-0.4, -0.2) is 23.1 Å². The Bertz CT molecular complexity index is 206. The van der Waals surface area contributed by atoms with Crippen LogP contribution in [0, 0.1) is 5.92 Å². The molecular weight excluding hydrogens is 178 g/mol. The van der Waals surface area contributed by atoms with E-state index < -0.39 is 0 Å². The largest absolute Gasteiger partial charge is 0.409 e. The van der Waals surface area contributed by atoms with Gasteiger partial charge in [-0.25, -0.2) is 0 Å². The highest BCUT2D eigenvalue weighted by Crippen LogP contribution is 2.33. The molecule has 0 spiro atoms. The topological polar surface area (TPSA) is 70.6 Å². The van der Waals surface area contributed by atoms with Gasteiger partial charge in [0.25, 0.3) is 0 Å². The lowest BCUT2D eigenvalue weighted by Gasteiger charge is -2.15. The molecule has 0 amide bonds. The van der Waals surface area contributed by atoms with Crippen LogP contribution in [0.25, 0.3) is 0 Å². The van der Waals surface area contributed by atoms with Crippen molar-refractivity contribution in [2.45, 2.75) is 51.6 Å². The normalized spacial score (nSPS) is 28.9. The Hall–Kier alpha value is -0.770. The molecule has 3 unspecified atom stereocenters. The predicted octanol–water partition coefficient (Wildman–Crippen LogP) is 1.29. The van der Waals surface area contributed by atoms with Gasteiger partial charge in [-0.3, -0.25) is 0 Å². The van der Waals surface area contributed by atoms with Gasteiger partial charge in [-0.15, -0.1) is 0 Å². The van der Waals surface area contributed by atoms with Crippen molar-refractivity contribution in [1.29, 1.82) is 0 Å². The molecular formula is C10H21N3O. The fourth-order valence-electron chi connectivity index (χ4n) is 1.82. The van der Waals surface area contributed by atoms with Crippen LogP contribution in [0.5, 0.6) is 0 Å². The summed E-state index contributed by atoms with van der Waals surface area (Å²) in [6, 6.07) is 1.02. The summed E-state index contributed by atoms with van der Waals surface area (Å²) in [7, 11) is 0. The molecule has 0 radical (unpaired) electrons. The molecule has 0 saturated heterocycles. The van der Waals surface area contributed by atoms with Gasteiger partial charge in [0.15, 0.2) is 0 Å². The maximum atomic E-state index is 8.46. The summed E-state index contributed by atoms with van der Waals surface area (Å²) in [4.78, 5) is 0. The molecule has 4 heteroatoms. The zero-order chi connectivity index (χ0) is 10.6. The van der Waals surface area contributed by atoms with E-state index in [0.717, 1.165) is 12.3 Å². The van der Waals surface area contributed by atoms with E-state index in [1.165, 1.54) is 12.8 Å². The molecule has 1 aliphatic rings. The van der Waals surface area contributed by atoms with Crippen LogP contribution in [-0.2, 0) is 0 Å². The highest BCUT2D eigenvalue weighted by molar-refractivity contribution is 5.80. The van der Waals surface area contributed by atoms with Crippen LogP contribution in [0.2, 0.25) is 0 Å². The first kappa shape index (κ1) is 11.3. The van der Waals surface area contributed by atoms with Gasteiger partial charge in [0.1, 0.15) is 5.84 Å². The van der Waals surface area contributed by atoms with Gasteiger partial charge < -0.3 is 16.3 Å². The standard InChI is InChI=1S/C10H21N3O/c1-3-7-5-9(7)12-8(4-2)6-10(11)13-14/h7-9,12,14H,3-6H2,1-2H3,(H2,11,13). The molecule has 0 bridgehead atoms. The first-order valence-corrected chi connectivity index (χ1v) is 5.43. The van der Waals surface area contributed by atoms with Crippen LogP contribution < -0.4 is 11.1 Å². The molecule has 0 aliphatic heterocycles. The Morgan fingerprint density at radius 1 is 1.64 bits per heavy atom. The fourth-order valence-corrected chi connectivity index (χ4v) is 1.82. The Morgan fingerprint density at radius 2 is 2.36 bits per heavy atom. The first-order valence-electron chi connectivity index (χ1n) is 5.43. The third-order valence-electron chi connectivity index (χ3n) is 2.97. The Morgan fingerprint density at radius 3 is 2.79 bits per heavy atom. The Labute approximate surface area is 85.6 Å². The molecule has 4 N–H and O–H groups in total. The minimum Gasteiger partial charge on any atom is -0.409 e. The van der Waals surface area contributed by atoms with Gasteiger partial charge in [-0.05, 0) is 18.8 Å². The second kappa shape index (κ2) is 5.20. The van der Waals surface area contributed by atoms with Gasteiger partial charge >= 0.3 is 0 Å². The second-order valence-corrected chi connectivity index (χ2v) is 4.08. The Kier molecular flexibility index (Phi) is 4.20. The summed E-state index contributed by atoms with van der Waals surface area (Å²) in [6.45, 7) is 4.34. The molecule has 0 aromatic rings. The zero-order valence-corrected chi connectivity index (χ0v) is 9.03. The molecule has 3 atom stereocenters. The average Bonchev–Trinajstić information content (AvgIpc) is 2.95.